The van der Waals surface area contributed by atoms with E-state index >= 15 is 0 Å². The van der Waals surface area contributed by atoms with E-state index in [0.29, 0.717) is 29.7 Å². The quantitative estimate of drug-likeness (QED) is 0.470. The smallest absolute Gasteiger partial charge is 0.322 e. The van der Waals surface area contributed by atoms with Gasteiger partial charge in [-0.3, -0.25) is 4.98 Å². The second kappa shape index (κ2) is 8.76. The summed E-state index contributed by atoms with van der Waals surface area (Å²) in [6.07, 6.45) is 6.56. The first-order valence-corrected chi connectivity index (χ1v) is 10.6. The highest BCUT2D eigenvalue weighted by atomic mass is 35.5. The number of nitrogens with zero attached hydrogens (tertiary/aromatic N) is 4. The summed E-state index contributed by atoms with van der Waals surface area (Å²) < 4.78 is 5.69. The second-order valence-corrected chi connectivity index (χ2v) is 7.87. The number of piperazine rings is 1. The first-order valence-electron chi connectivity index (χ1n) is 10.3. The van der Waals surface area contributed by atoms with Gasteiger partial charge in [0.1, 0.15) is 5.75 Å². The summed E-state index contributed by atoms with van der Waals surface area (Å²) in [5, 5.41) is 4.53. The van der Waals surface area contributed by atoms with Crippen LogP contribution in [-0.2, 0) is 0 Å². The lowest BCUT2D eigenvalue weighted by molar-refractivity contribution is 0.208. The number of aromatic amines is 1. The van der Waals surface area contributed by atoms with Crippen LogP contribution in [-0.4, -0.2) is 52.1 Å². The van der Waals surface area contributed by atoms with Crippen molar-refractivity contribution < 1.29 is 9.53 Å². The van der Waals surface area contributed by atoms with E-state index in [-0.39, 0.29) is 6.03 Å². The van der Waals surface area contributed by atoms with Gasteiger partial charge in [0.25, 0.3) is 0 Å². The predicted octanol–water partition coefficient (Wildman–Crippen LogP) is 4.76. The van der Waals surface area contributed by atoms with Gasteiger partial charge >= 0.3 is 6.03 Å². The molecule has 32 heavy (non-hydrogen) atoms. The third kappa shape index (κ3) is 4.31. The Morgan fingerprint density at radius 1 is 1.06 bits per heavy atom. The summed E-state index contributed by atoms with van der Waals surface area (Å²) in [5.41, 5.74) is 2.75. The average Bonchev–Trinajstić information content (AvgIpc) is 3.22. The van der Waals surface area contributed by atoms with E-state index in [1.165, 1.54) is 0 Å². The van der Waals surface area contributed by atoms with Crippen LogP contribution in [0.25, 0.3) is 10.9 Å². The van der Waals surface area contributed by atoms with Gasteiger partial charge in [-0.25, -0.2) is 9.78 Å². The van der Waals surface area contributed by atoms with Gasteiger partial charge in [-0.15, -0.1) is 0 Å². The molecule has 8 nitrogen and oxygen atoms in total. The van der Waals surface area contributed by atoms with E-state index in [2.05, 4.69) is 25.2 Å². The SMILES string of the molecule is O=C(Nc1c[nH]c2ccc(Cl)cc12)N1CCN(c2ccc(Oc3cnccn3)cc2)CC1. The molecule has 9 heteroatoms. The summed E-state index contributed by atoms with van der Waals surface area (Å²) >= 11 is 6.10. The number of carbonyl (C=O) groups is 1. The topological polar surface area (TPSA) is 86.4 Å². The number of fused-ring (bicyclic) bond motifs is 1. The monoisotopic (exact) mass is 448 g/mol. The summed E-state index contributed by atoms with van der Waals surface area (Å²) in [5.74, 6) is 1.16. The third-order valence-corrected chi connectivity index (χ3v) is 5.65. The maximum absolute atomic E-state index is 12.8. The first-order chi connectivity index (χ1) is 15.7. The van der Waals surface area contributed by atoms with Crippen LogP contribution in [0.1, 0.15) is 0 Å². The van der Waals surface area contributed by atoms with E-state index < -0.39 is 0 Å². The molecule has 0 spiro atoms. The Balaban J connectivity index is 1.17. The van der Waals surface area contributed by atoms with Gasteiger partial charge in [0.15, 0.2) is 0 Å². The molecule has 0 saturated carbocycles. The summed E-state index contributed by atoms with van der Waals surface area (Å²) in [6, 6.07) is 13.3. The number of benzene rings is 2. The number of amides is 2. The third-order valence-electron chi connectivity index (χ3n) is 5.42. The zero-order valence-electron chi connectivity index (χ0n) is 17.2. The molecule has 1 aliphatic heterocycles. The lowest BCUT2D eigenvalue weighted by Crippen LogP contribution is -2.50. The molecule has 5 rings (SSSR count). The Hall–Kier alpha value is -3.78. The molecule has 1 fully saturated rings. The number of ether oxygens (including phenoxy) is 1. The maximum Gasteiger partial charge on any atom is 0.322 e. The molecule has 0 unspecified atom stereocenters. The van der Waals surface area contributed by atoms with Gasteiger partial charge in [-0.05, 0) is 42.5 Å². The number of urea groups is 1. The Kier molecular flexibility index (Phi) is 5.51. The molecule has 2 aromatic heterocycles. The molecule has 162 valence electrons. The van der Waals surface area contributed by atoms with E-state index in [9.17, 15) is 4.79 Å². The molecular weight excluding hydrogens is 428 g/mol. The molecule has 4 aromatic rings. The van der Waals surface area contributed by atoms with Crippen molar-refractivity contribution in [3.8, 4) is 11.6 Å². The van der Waals surface area contributed by atoms with Crippen molar-refractivity contribution in [1.82, 2.24) is 19.9 Å². The Labute approximate surface area is 189 Å². The number of anilines is 2. The van der Waals surface area contributed by atoms with Crippen LogP contribution in [0.3, 0.4) is 0 Å². The number of hydrogen-bond donors (Lipinski definition) is 2. The Bertz CT molecular complexity index is 1220. The van der Waals surface area contributed by atoms with Gasteiger partial charge in [0.2, 0.25) is 5.88 Å². The summed E-state index contributed by atoms with van der Waals surface area (Å²) in [4.78, 5) is 28.1. The van der Waals surface area contributed by atoms with Gasteiger partial charge in [0, 0.05) is 66.4 Å². The lowest BCUT2D eigenvalue weighted by Gasteiger charge is -2.36. The van der Waals surface area contributed by atoms with Crippen molar-refractivity contribution >= 4 is 39.9 Å². The number of hydrogen-bond acceptors (Lipinski definition) is 5. The highest BCUT2D eigenvalue weighted by Gasteiger charge is 2.22. The second-order valence-electron chi connectivity index (χ2n) is 7.44. The normalized spacial score (nSPS) is 13.9. The van der Waals surface area contributed by atoms with Crippen molar-refractivity contribution in [3.63, 3.8) is 0 Å². The fourth-order valence-electron chi connectivity index (χ4n) is 3.74. The largest absolute Gasteiger partial charge is 0.438 e. The molecule has 2 amide bonds. The van der Waals surface area contributed by atoms with Crippen LogP contribution in [0.5, 0.6) is 11.6 Å². The molecule has 3 heterocycles. The van der Waals surface area contributed by atoms with Crippen LogP contribution >= 0.6 is 11.6 Å². The first kappa shape index (κ1) is 20.1. The zero-order chi connectivity index (χ0) is 21.9. The zero-order valence-corrected chi connectivity index (χ0v) is 17.9. The summed E-state index contributed by atoms with van der Waals surface area (Å²) in [6.45, 7) is 2.76. The molecule has 2 aromatic carbocycles. The number of aromatic nitrogens is 3. The molecule has 1 saturated heterocycles. The molecule has 2 N–H and O–H groups in total. The minimum absolute atomic E-state index is 0.113. The van der Waals surface area contributed by atoms with Crippen molar-refractivity contribution in [2.24, 2.45) is 0 Å². The molecule has 0 aliphatic carbocycles. The van der Waals surface area contributed by atoms with Crippen molar-refractivity contribution in [1.29, 1.82) is 0 Å². The fourth-order valence-corrected chi connectivity index (χ4v) is 3.91. The van der Waals surface area contributed by atoms with Gasteiger partial charge in [0.05, 0.1) is 11.9 Å². The predicted molar refractivity (Wildman–Crippen MR) is 125 cm³/mol. The fraction of sp³-hybridized carbons (Fsp3) is 0.174. The molecule has 0 atom stereocenters. The van der Waals surface area contributed by atoms with Crippen molar-refractivity contribution in [3.05, 3.63) is 72.3 Å². The van der Waals surface area contributed by atoms with Crippen LogP contribution in [0.2, 0.25) is 5.02 Å². The number of nitrogens with one attached hydrogen (secondary N) is 2. The minimum Gasteiger partial charge on any atom is -0.438 e. The van der Waals surface area contributed by atoms with E-state index in [0.717, 1.165) is 35.4 Å². The maximum atomic E-state index is 12.8. The van der Waals surface area contributed by atoms with Crippen LogP contribution in [0, 0.1) is 0 Å². The number of H-pyrrole nitrogens is 1. The van der Waals surface area contributed by atoms with E-state index in [4.69, 9.17) is 16.3 Å². The van der Waals surface area contributed by atoms with E-state index in [1.54, 1.807) is 24.8 Å². The van der Waals surface area contributed by atoms with Gasteiger partial charge in [-0.2, -0.15) is 0 Å². The van der Waals surface area contributed by atoms with Crippen molar-refractivity contribution in [2.45, 2.75) is 0 Å². The number of halogens is 1. The molecular formula is C23H21ClN6O2. The van der Waals surface area contributed by atoms with Crippen molar-refractivity contribution in [2.75, 3.05) is 36.4 Å². The number of rotatable bonds is 4. The highest BCUT2D eigenvalue weighted by Crippen LogP contribution is 2.27. The lowest BCUT2D eigenvalue weighted by atomic mass is 10.2. The van der Waals surface area contributed by atoms with Gasteiger partial charge in [-0.1, -0.05) is 11.6 Å². The molecule has 0 radical (unpaired) electrons. The molecule has 1 aliphatic rings. The average molecular weight is 449 g/mol. The minimum atomic E-state index is -0.113. The summed E-state index contributed by atoms with van der Waals surface area (Å²) in [7, 11) is 0. The Morgan fingerprint density at radius 2 is 1.88 bits per heavy atom. The van der Waals surface area contributed by atoms with Crippen LogP contribution < -0.4 is 15.0 Å². The molecule has 0 bridgehead atoms. The van der Waals surface area contributed by atoms with Crippen LogP contribution in [0.4, 0.5) is 16.2 Å². The standard InChI is InChI=1S/C23H21ClN6O2/c24-16-1-6-20-19(13-16)21(14-27-20)28-23(31)30-11-9-29(10-12-30)17-2-4-18(5-3-17)32-22-15-25-7-8-26-22/h1-8,13-15,27H,9-12H2,(H,28,31). The highest BCUT2D eigenvalue weighted by molar-refractivity contribution is 6.31. The number of carbonyl (C=O) groups excluding carboxylic acids is 1. The van der Waals surface area contributed by atoms with E-state index in [1.807, 2.05) is 47.4 Å². The van der Waals surface area contributed by atoms with Gasteiger partial charge < -0.3 is 24.8 Å². The Morgan fingerprint density at radius 3 is 2.62 bits per heavy atom. The van der Waals surface area contributed by atoms with Crippen LogP contribution in [0.15, 0.2) is 67.3 Å².